The van der Waals surface area contributed by atoms with Crippen molar-refractivity contribution < 1.29 is 92.5 Å². The number of methoxy groups -OCH3 is 2. The molecule has 0 bridgehead atoms. The Balaban J connectivity index is -0.0000000591. The molecule has 1 rings (SSSR count). The van der Waals surface area contributed by atoms with Crippen LogP contribution in [0.15, 0.2) is 0 Å². The standard InChI is InChI=1S/C13H23NO6.C11H23NO4.C11H19NO4.C4H8O.Al.Li.6H2S.4H/c1-8(10(15)18-5)7-9(11(16)19-6)14-12(17)20-13(2,3)4;2*1-8(6-13)5-9(7-14)12-10(15)16-11(2,3)4;1-2-4-5-3-1;;;;;;;;;;;;/h8-9H,7H2,1-6H3,(H,14,17);8-9,13-14H,5-7H2,1-4H3,(H,12,15);6-9H,5H2,1-4H3,(H,12,15);1-4H2;;;6*1H2;;;;/q;;;;;+1;;;;;;;;;;-1/t3*8-,9-;;;;;;;;;;;;;/m000............./s1. The quantitative estimate of drug-likeness (QED) is 0.0661. The zero-order valence-electron chi connectivity index (χ0n) is 41.7. The summed E-state index contributed by atoms with van der Waals surface area (Å²) in [5.74, 6) is -1.91. The van der Waals surface area contributed by atoms with Gasteiger partial charge in [0.15, 0.2) is 17.4 Å². The third kappa shape index (κ3) is 59.3. The fourth-order valence-electron chi connectivity index (χ4n) is 4.24. The number of aliphatic hydroxyl groups is 2. The van der Waals surface area contributed by atoms with Crippen molar-refractivity contribution in [2.45, 2.75) is 150 Å². The molecule has 1 fully saturated rings. The maximum absolute atomic E-state index is 11.7. The Kier molecular flexibility index (Phi) is 69.2. The summed E-state index contributed by atoms with van der Waals surface area (Å²) in [6.07, 6.45) is 2.83. The van der Waals surface area contributed by atoms with Crippen LogP contribution in [-0.4, -0.2) is 146 Å². The summed E-state index contributed by atoms with van der Waals surface area (Å²) >= 11 is 0. The molecule has 1 aliphatic rings. The van der Waals surface area contributed by atoms with Gasteiger partial charge in [0, 0.05) is 25.7 Å². The first kappa shape index (κ1) is 90.6. The van der Waals surface area contributed by atoms with Crippen LogP contribution >= 0.6 is 81.0 Å². The number of hydrogen-bond acceptors (Lipinski definition) is 15. The van der Waals surface area contributed by atoms with Gasteiger partial charge < -0.3 is 65.6 Å². The number of amides is 3. The van der Waals surface area contributed by atoms with Gasteiger partial charge in [-0.05, 0) is 100 Å². The average Bonchev–Trinajstić information content (AvgIpc) is 3.68. The van der Waals surface area contributed by atoms with Gasteiger partial charge in [-0.1, -0.05) is 20.8 Å². The second kappa shape index (κ2) is 49.6. The van der Waals surface area contributed by atoms with Crippen molar-refractivity contribution in [1.82, 2.24) is 16.0 Å². The molecule has 0 aromatic carbocycles. The molecule has 26 heteroatoms. The molecule has 0 radical (unpaired) electrons. The number of aldehydes is 2. The molecule has 1 heterocycles. The van der Waals surface area contributed by atoms with Crippen molar-refractivity contribution in [1.29, 1.82) is 0 Å². The third-order valence-electron chi connectivity index (χ3n) is 6.86. The van der Waals surface area contributed by atoms with Crippen LogP contribution in [0.25, 0.3) is 0 Å². The number of rotatable bonds is 15. The number of carbonyl (C=O) groups excluding carboxylic acids is 7. The van der Waals surface area contributed by atoms with E-state index in [-0.39, 0.29) is 163 Å². The van der Waals surface area contributed by atoms with Crippen LogP contribution in [0.1, 0.15) is 117 Å². The van der Waals surface area contributed by atoms with Gasteiger partial charge in [-0.2, -0.15) is 81.0 Å². The summed E-state index contributed by atoms with van der Waals surface area (Å²) in [4.78, 5) is 78.4. The summed E-state index contributed by atoms with van der Waals surface area (Å²) in [6, 6.07) is -2.03. The molecular weight excluding hydrogens is 977 g/mol. The molecule has 3 amide bonds. The van der Waals surface area contributed by atoms with Crippen LogP contribution in [0.2, 0.25) is 0 Å². The molecule has 1 saturated heterocycles. The summed E-state index contributed by atoms with van der Waals surface area (Å²) in [6.45, 7) is 22.6. The largest absolute Gasteiger partial charge is 1.00 e. The van der Waals surface area contributed by atoms with Crippen LogP contribution < -0.4 is 34.8 Å². The Labute approximate surface area is 454 Å². The third-order valence-corrected chi connectivity index (χ3v) is 6.86. The molecule has 0 aliphatic carbocycles. The average molecular weight is 1070 g/mol. The van der Waals surface area contributed by atoms with Crippen molar-refractivity contribution in [2.75, 3.05) is 40.6 Å². The van der Waals surface area contributed by atoms with E-state index in [1.807, 2.05) is 6.92 Å². The predicted molar refractivity (Wildman–Crippen MR) is 285 cm³/mol. The van der Waals surface area contributed by atoms with E-state index in [0.29, 0.717) is 12.7 Å². The Morgan fingerprint density at radius 1 is 0.615 bits per heavy atom. The van der Waals surface area contributed by atoms with Crippen LogP contribution in [0.4, 0.5) is 14.4 Å². The minimum atomic E-state index is -0.969. The minimum Gasteiger partial charge on any atom is -1.00 e. The number of nitrogens with one attached hydrogen (secondary N) is 3. The van der Waals surface area contributed by atoms with E-state index < -0.39 is 65.0 Å². The SMILES string of the molecule is C1CCOC1.COC(=O)[C@H](C[C@H](C)C(=O)OC)NC(=O)OC(C)(C)C.C[C@H](C=O)C[C@@H](C=O)NC(=O)OC(C)(C)C.C[C@H](CO)C[C@@H](CO)NC(=O)OC(C)(C)C.S.S.S.S.S.S.[AlH3].[H-].[Li+]. The second-order valence-corrected chi connectivity index (χ2v) is 16.5. The van der Waals surface area contributed by atoms with Gasteiger partial charge >= 0.3 is 49.1 Å². The normalized spacial score (nSPS) is 13.5. The molecule has 18 nitrogen and oxygen atoms in total. The minimum absolute atomic E-state index is 0. The molecular formula is C39H89AlLiN3O15S6. The molecule has 0 aromatic rings. The first-order chi connectivity index (χ1) is 26.2. The van der Waals surface area contributed by atoms with Crippen molar-refractivity contribution in [3.63, 3.8) is 0 Å². The topological polar surface area (TPSA) is 251 Å². The summed E-state index contributed by atoms with van der Waals surface area (Å²) in [5.41, 5.74) is -1.83. The summed E-state index contributed by atoms with van der Waals surface area (Å²) < 4.78 is 29.2. The zero-order valence-corrected chi connectivity index (χ0v) is 46.7. The Morgan fingerprint density at radius 3 is 1.29 bits per heavy atom. The van der Waals surface area contributed by atoms with Crippen LogP contribution in [0.3, 0.4) is 0 Å². The number of alkyl carbamates (subject to hydrolysis) is 3. The maximum Gasteiger partial charge on any atom is 1.00 e. The number of aliphatic hydroxyl groups excluding tert-OH is 2. The van der Waals surface area contributed by atoms with Gasteiger partial charge in [0.1, 0.15) is 35.4 Å². The Morgan fingerprint density at radius 2 is 1.00 bits per heavy atom. The number of carbonyl (C=O) groups is 7. The number of ether oxygens (including phenoxy) is 6. The smallest absolute Gasteiger partial charge is 1.00 e. The monoisotopic (exact) mass is 1070 g/mol. The van der Waals surface area contributed by atoms with Gasteiger partial charge in [-0.15, -0.1) is 0 Å². The molecule has 6 atom stereocenters. The molecule has 0 unspecified atom stereocenters. The van der Waals surface area contributed by atoms with Crippen molar-refractivity contribution >= 4 is 141 Å². The first-order valence-corrected chi connectivity index (χ1v) is 19.0. The van der Waals surface area contributed by atoms with Gasteiger partial charge in [-0.3, -0.25) is 4.79 Å². The van der Waals surface area contributed by atoms with Crippen molar-refractivity contribution in [3.8, 4) is 0 Å². The molecule has 0 spiro atoms. The Bertz CT molecular complexity index is 1220. The van der Waals surface area contributed by atoms with Crippen molar-refractivity contribution in [2.24, 2.45) is 17.8 Å². The van der Waals surface area contributed by atoms with Gasteiger partial charge in [0.05, 0.1) is 38.8 Å². The zero-order chi connectivity index (χ0) is 45.0. The summed E-state index contributed by atoms with van der Waals surface area (Å²) in [5, 5.41) is 25.3. The van der Waals surface area contributed by atoms with E-state index >= 15 is 0 Å². The van der Waals surface area contributed by atoms with Crippen molar-refractivity contribution in [3.05, 3.63) is 0 Å². The molecule has 5 N–H and O–H groups in total. The van der Waals surface area contributed by atoms with E-state index in [9.17, 15) is 33.6 Å². The van der Waals surface area contributed by atoms with E-state index in [2.05, 4.69) is 25.4 Å². The van der Waals surface area contributed by atoms with E-state index in [0.717, 1.165) is 19.5 Å². The molecule has 65 heavy (non-hydrogen) atoms. The number of hydrogen-bond donors (Lipinski definition) is 5. The molecule has 0 aromatic heterocycles. The van der Waals surface area contributed by atoms with E-state index in [1.165, 1.54) is 27.1 Å². The fraction of sp³-hybridized carbons (Fsp3) is 0.821. The number of esters is 2. The summed E-state index contributed by atoms with van der Waals surface area (Å²) in [7, 11) is 2.46. The fourth-order valence-corrected chi connectivity index (χ4v) is 4.24. The maximum atomic E-state index is 11.7. The van der Waals surface area contributed by atoms with Crippen LogP contribution in [0.5, 0.6) is 0 Å². The molecule has 0 saturated carbocycles. The van der Waals surface area contributed by atoms with Gasteiger partial charge in [0.2, 0.25) is 0 Å². The van der Waals surface area contributed by atoms with E-state index in [4.69, 9.17) is 29.2 Å². The van der Waals surface area contributed by atoms with Crippen LogP contribution in [-0.2, 0) is 47.6 Å². The van der Waals surface area contributed by atoms with E-state index in [1.54, 1.807) is 76.2 Å². The van der Waals surface area contributed by atoms with Gasteiger partial charge in [-0.25, -0.2) is 19.2 Å². The molecule has 390 valence electrons. The Hall–Kier alpha value is -0.800. The van der Waals surface area contributed by atoms with Crippen LogP contribution in [0, 0.1) is 17.8 Å². The first-order valence-electron chi connectivity index (χ1n) is 19.0. The predicted octanol–water partition coefficient (Wildman–Crippen LogP) is 0.852. The van der Waals surface area contributed by atoms with Gasteiger partial charge in [0.25, 0.3) is 0 Å². The molecule has 1 aliphatic heterocycles. The second-order valence-electron chi connectivity index (χ2n) is 16.5.